The molecule has 0 unspecified atom stereocenters. The Balaban J connectivity index is 2.63. The third kappa shape index (κ3) is 4.62. The zero-order chi connectivity index (χ0) is 14.6. The first-order valence-corrected chi connectivity index (χ1v) is 5.98. The largest absolute Gasteiger partial charge is 0.299 e. The van der Waals surface area contributed by atoms with Crippen LogP contribution in [0.5, 0.6) is 0 Å². The van der Waals surface area contributed by atoms with Crippen molar-refractivity contribution in [3.05, 3.63) is 39.9 Å². The normalized spacial score (nSPS) is 11.1. The number of hydrogen-bond acceptors (Lipinski definition) is 4. The summed E-state index contributed by atoms with van der Waals surface area (Å²) in [6.45, 7) is 5.32. The molecule has 1 aromatic rings. The number of hydrogen-bond donors (Lipinski definition) is 0. The fourth-order valence-corrected chi connectivity index (χ4v) is 1.47. The number of benzene rings is 1. The van der Waals surface area contributed by atoms with Crippen LogP contribution in [0.3, 0.4) is 0 Å². The van der Waals surface area contributed by atoms with Crippen molar-refractivity contribution in [2.75, 3.05) is 0 Å². The molecule has 0 fully saturated rings. The third-order valence-corrected chi connectivity index (χ3v) is 2.74. The number of nitro benzene ring substituents is 1. The van der Waals surface area contributed by atoms with Gasteiger partial charge in [-0.25, -0.2) is 0 Å². The Labute approximate surface area is 111 Å². The van der Waals surface area contributed by atoms with E-state index in [1.54, 1.807) is 20.8 Å². The van der Waals surface area contributed by atoms with Crippen molar-refractivity contribution < 1.29 is 14.5 Å². The van der Waals surface area contributed by atoms with Crippen LogP contribution in [0, 0.1) is 15.5 Å². The smallest absolute Gasteiger partial charge is 0.269 e. The highest BCUT2D eigenvalue weighted by Gasteiger charge is 2.23. The van der Waals surface area contributed by atoms with Crippen LogP contribution >= 0.6 is 0 Å². The van der Waals surface area contributed by atoms with Crippen LogP contribution in [0.4, 0.5) is 5.69 Å². The highest BCUT2D eigenvalue weighted by molar-refractivity contribution is 6.01. The molecule has 19 heavy (non-hydrogen) atoms. The van der Waals surface area contributed by atoms with E-state index in [9.17, 15) is 19.7 Å². The number of rotatable bonds is 5. The Morgan fingerprint density at radius 1 is 1.16 bits per heavy atom. The third-order valence-electron chi connectivity index (χ3n) is 2.74. The summed E-state index contributed by atoms with van der Waals surface area (Å²) in [7, 11) is 0. The monoisotopic (exact) mass is 263 g/mol. The van der Waals surface area contributed by atoms with Crippen LogP contribution in [0.15, 0.2) is 24.3 Å². The summed E-state index contributed by atoms with van der Waals surface area (Å²) < 4.78 is 0. The average molecular weight is 263 g/mol. The summed E-state index contributed by atoms with van der Waals surface area (Å²) in [5.41, 5.74) is 0.143. The summed E-state index contributed by atoms with van der Waals surface area (Å²) in [5.74, 6) is -0.270. The number of carbonyl (C=O) groups is 2. The van der Waals surface area contributed by atoms with Crippen molar-refractivity contribution in [1.29, 1.82) is 0 Å². The molecule has 1 rings (SSSR count). The molecular weight excluding hydrogens is 246 g/mol. The Hall–Kier alpha value is -2.04. The summed E-state index contributed by atoms with van der Waals surface area (Å²) in [6, 6.07) is 5.79. The fraction of sp³-hybridized carbons (Fsp3) is 0.429. The number of non-ortho nitro benzene ring substituents is 1. The maximum Gasteiger partial charge on any atom is 0.269 e. The minimum Gasteiger partial charge on any atom is -0.299 e. The van der Waals surface area contributed by atoms with Gasteiger partial charge in [0.1, 0.15) is 11.6 Å². The SMILES string of the molecule is CC(C)(C)C(=O)CC(=O)Cc1ccc([N+](=O)[O-])cc1. The van der Waals surface area contributed by atoms with E-state index in [1.165, 1.54) is 24.3 Å². The minimum atomic E-state index is -0.523. The number of nitrogens with zero attached hydrogens (tertiary/aromatic N) is 1. The summed E-state index contributed by atoms with van der Waals surface area (Å²) in [4.78, 5) is 33.4. The predicted molar refractivity (Wildman–Crippen MR) is 70.9 cm³/mol. The molecule has 0 aromatic heterocycles. The first kappa shape index (κ1) is 15.0. The van der Waals surface area contributed by atoms with Gasteiger partial charge in [0.15, 0.2) is 0 Å². The van der Waals surface area contributed by atoms with Gasteiger partial charge >= 0.3 is 0 Å². The fourth-order valence-electron chi connectivity index (χ4n) is 1.47. The maximum absolute atomic E-state index is 11.7. The van der Waals surface area contributed by atoms with Crippen molar-refractivity contribution in [3.63, 3.8) is 0 Å². The summed E-state index contributed by atoms with van der Waals surface area (Å²) in [5, 5.41) is 10.5. The first-order chi connectivity index (χ1) is 8.70. The van der Waals surface area contributed by atoms with Crippen molar-refractivity contribution in [1.82, 2.24) is 0 Å². The highest BCUT2D eigenvalue weighted by atomic mass is 16.6. The minimum absolute atomic E-state index is 0.0121. The lowest BCUT2D eigenvalue weighted by Crippen LogP contribution is -2.23. The summed E-state index contributed by atoms with van der Waals surface area (Å²) in [6.07, 6.45) is 0.0281. The lowest BCUT2D eigenvalue weighted by molar-refractivity contribution is -0.384. The van der Waals surface area contributed by atoms with Crippen LogP contribution in [0.25, 0.3) is 0 Å². The Morgan fingerprint density at radius 2 is 1.68 bits per heavy atom. The molecule has 0 bridgehead atoms. The van der Waals surface area contributed by atoms with Gasteiger partial charge in [0.2, 0.25) is 0 Å². The Kier molecular flexibility index (Phi) is 4.53. The second-order valence-electron chi connectivity index (χ2n) is 5.49. The molecule has 0 aliphatic rings. The van der Waals surface area contributed by atoms with Gasteiger partial charge in [-0.1, -0.05) is 32.9 Å². The highest BCUT2D eigenvalue weighted by Crippen LogP contribution is 2.18. The quantitative estimate of drug-likeness (QED) is 0.465. The van der Waals surface area contributed by atoms with E-state index in [0.717, 1.165) is 0 Å². The second-order valence-corrected chi connectivity index (χ2v) is 5.49. The molecule has 0 amide bonds. The number of Topliss-reactive ketones (excluding diaryl/α,β-unsaturated/α-hetero) is 2. The Bertz CT molecular complexity index is 497. The van der Waals surface area contributed by atoms with Crippen LogP contribution in [-0.2, 0) is 16.0 Å². The molecule has 0 aliphatic carbocycles. The molecule has 0 saturated heterocycles. The predicted octanol–water partition coefficient (Wildman–Crippen LogP) is 2.71. The van der Waals surface area contributed by atoms with Crippen molar-refractivity contribution in [2.45, 2.75) is 33.6 Å². The molecule has 0 atom stereocenters. The molecule has 102 valence electrons. The molecule has 5 heteroatoms. The van der Waals surface area contributed by atoms with Gasteiger partial charge in [0.25, 0.3) is 5.69 Å². The van der Waals surface area contributed by atoms with E-state index in [0.29, 0.717) is 5.56 Å². The van der Waals surface area contributed by atoms with E-state index < -0.39 is 10.3 Å². The lowest BCUT2D eigenvalue weighted by atomic mass is 9.87. The number of nitro groups is 1. The summed E-state index contributed by atoms with van der Waals surface area (Å²) >= 11 is 0. The van der Waals surface area contributed by atoms with Gasteiger partial charge in [0, 0.05) is 24.0 Å². The molecule has 1 aromatic carbocycles. The van der Waals surface area contributed by atoms with E-state index >= 15 is 0 Å². The van der Waals surface area contributed by atoms with Crippen LogP contribution in [-0.4, -0.2) is 16.5 Å². The lowest BCUT2D eigenvalue weighted by Gasteiger charge is -2.15. The molecule has 0 radical (unpaired) electrons. The zero-order valence-electron chi connectivity index (χ0n) is 11.3. The van der Waals surface area contributed by atoms with E-state index in [-0.39, 0.29) is 30.1 Å². The number of ketones is 2. The molecule has 0 aliphatic heterocycles. The molecule has 5 nitrogen and oxygen atoms in total. The molecule has 0 spiro atoms. The maximum atomic E-state index is 11.7. The van der Waals surface area contributed by atoms with E-state index in [2.05, 4.69) is 0 Å². The topological polar surface area (TPSA) is 77.3 Å². The molecule has 0 saturated carbocycles. The molecular formula is C14H17NO4. The number of carbonyl (C=O) groups excluding carboxylic acids is 2. The Morgan fingerprint density at radius 3 is 2.11 bits per heavy atom. The average Bonchev–Trinajstić information content (AvgIpc) is 2.28. The van der Waals surface area contributed by atoms with Crippen LogP contribution in [0.2, 0.25) is 0 Å². The zero-order valence-corrected chi connectivity index (χ0v) is 11.3. The van der Waals surface area contributed by atoms with Crippen molar-refractivity contribution >= 4 is 17.3 Å². The van der Waals surface area contributed by atoms with Gasteiger partial charge < -0.3 is 0 Å². The second kappa shape index (κ2) is 5.73. The van der Waals surface area contributed by atoms with E-state index in [1.807, 2.05) is 0 Å². The van der Waals surface area contributed by atoms with E-state index in [4.69, 9.17) is 0 Å². The van der Waals surface area contributed by atoms with Crippen LogP contribution < -0.4 is 0 Å². The van der Waals surface area contributed by atoms with Gasteiger partial charge in [-0.15, -0.1) is 0 Å². The molecule has 0 heterocycles. The molecule has 0 N–H and O–H groups in total. The standard InChI is InChI=1S/C14H17NO4/c1-14(2,3)13(17)9-12(16)8-10-4-6-11(7-5-10)15(18)19/h4-7H,8-9H2,1-3H3. The van der Waals surface area contributed by atoms with Gasteiger partial charge in [-0.2, -0.15) is 0 Å². The van der Waals surface area contributed by atoms with Gasteiger partial charge in [-0.05, 0) is 5.56 Å². The van der Waals surface area contributed by atoms with Gasteiger partial charge in [0.05, 0.1) is 11.3 Å². The van der Waals surface area contributed by atoms with Crippen molar-refractivity contribution in [3.8, 4) is 0 Å². The van der Waals surface area contributed by atoms with Gasteiger partial charge in [-0.3, -0.25) is 19.7 Å². The van der Waals surface area contributed by atoms with Crippen molar-refractivity contribution in [2.24, 2.45) is 5.41 Å². The van der Waals surface area contributed by atoms with Crippen LogP contribution in [0.1, 0.15) is 32.8 Å². The first-order valence-electron chi connectivity index (χ1n) is 5.98.